The Kier molecular flexibility index (Phi) is 2.78. The summed E-state index contributed by atoms with van der Waals surface area (Å²) in [6.07, 6.45) is -2.22. The van der Waals surface area contributed by atoms with Gasteiger partial charge in [-0.05, 0) is 38.8 Å². The topological polar surface area (TPSA) is 12.0 Å². The van der Waals surface area contributed by atoms with Crippen molar-refractivity contribution in [3.05, 3.63) is 21.4 Å². The van der Waals surface area contributed by atoms with Crippen molar-refractivity contribution in [2.45, 2.75) is 37.9 Å². The summed E-state index contributed by atoms with van der Waals surface area (Å²) in [5.74, 6) is 0. The zero-order chi connectivity index (χ0) is 12.0. The molecule has 16 heavy (non-hydrogen) atoms. The van der Waals surface area contributed by atoms with Crippen LogP contribution in [0, 0.1) is 0 Å². The molecule has 0 bridgehead atoms. The molecular formula is C11H14F3NS. The number of likely N-dealkylation sites (N-methyl/N-ethyl adjacent to an activating group) is 1. The fraction of sp³-hybridized carbons (Fsp3) is 0.636. The van der Waals surface area contributed by atoms with Gasteiger partial charge in [-0.1, -0.05) is 0 Å². The first kappa shape index (κ1) is 11.9. The number of rotatable bonds is 1. The molecule has 90 valence electrons. The SMILES string of the molecule is CNC1(C)CCc2c(C(F)(F)F)csc2C1. The molecule has 1 aliphatic rings. The Balaban J connectivity index is 2.34. The lowest BCUT2D eigenvalue weighted by molar-refractivity contribution is -0.138. The molecule has 1 N–H and O–H groups in total. The number of halogens is 3. The molecule has 0 fully saturated rings. The molecule has 1 atom stereocenters. The second-order valence-corrected chi connectivity index (χ2v) is 5.50. The Bertz CT molecular complexity index is 396. The summed E-state index contributed by atoms with van der Waals surface area (Å²) in [6, 6.07) is 0. The van der Waals surface area contributed by atoms with Crippen molar-refractivity contribution >= 4 is 11.3 Å². The monoisotopic (exact) mass is 249 g/mol. The van der Waals surface area contributed by atoms with E-state index in [1.165, 1.54) is 16.7 Å². The third kappa shape index (κ3) is 1.98. The highest BCUT2D eigenvalue weighted by molar-refractivity contribution is 7.10. The smallest absolute Gasteiger partial charge is 0.314 e. The van der Waals surface area contributed by atoms with Crippen molar-refractivity contribution in [1.29, 1.82) is 0 Å². The van der Waals surface area contributed by atoms with E-state index >= 15 is 0 Å². The number of hydrogen-bond acceptors (Lipinski definition) is 2. The second kappa shape index (κ2) is 3.74. The first-order valence-electron chi connectivity index (χ1n) is 5.21. The predicted molar refractivity (Wildman–Crippen MR) is 58.8 cm³/mol. The molecule has 0 saturated heterocycles. The van der Waals surface area contributed by atoms with Crippen LogP contribution >= 0.6 is 11.3 Å². The quantitative estimate of drug-likeness (QED) is 0.805. The van der Waals surface area contributed by atoms with Gasteiger partial charge in [0.25, 0.3) is 0 Å². The maximum Gasteiger partial charge on any atom is 0.417 e. The number of nitrogens with one attached hydrogen (secondary N) is 1. The van der Waals surface area contributed by atoms with Crippen molar-refractivity contribution in [2.75, 3.05) is 7.05 Å². The fourth-order valence-corrected chi connectivity index (χ4v) is 3.43. The van der Waals surface area contributed by atoms with Crippen molar-refractivity contribution in [2.24, 2.45) is 0 Å². The molecule has 1 aromatic heterocycles. The second-order valence-electron chi connectivity index (χ2n) is 4.54. The van der Waals surface area contributed by atoms with Crippen LogP contribution in [0.1, 0.15) is 29.3 Å². The summed E-state index contributed by atoms with van der Waals surface area (Å²) in [5, 5.41) is 4.45. The number of hydrogen-bond donors (Lipinski definition) is 1. The molecule has 0 saturated carbocycles. The van der Waals surface area contributed by atoms with Gasteiger partial charge in [0.05, 0.1) is 5.56 Å². The van der Waals surface area contributed by atoms with Gasteiger partial charge in [-0.15, -0.1) is 11.3 Å². The van der Waals surface area contributed by atoms with Gasteiger partial charge < -0.3 is 5.32 Å². The number of fused-ring (bicyclic) bond motifs is 1. The van der Waals surface area contributed by atoms with Crippen LogP contribution in [-0.2, 0) is 19.0 Å². The Morgan fingerprint density at radius 1 is 1.44 bits per heavy atom. The van der Waals surface area contributed by atoms with Crippen LogP contribution in [0.25, 0.3) is 0 Å². The predicted octanol–water partition coefficient (Wildman–Crippen LogP) is 3.23. The maximum atomic E-state index is 12.7. The summed E-state index contributed by atoms with van der Waals surface area (Å²) in [7, 11) is 1.86. The van der Waals surface area contributed by atoms with Gasteiger partial charge in [0.1, 0.15) is 0 Å². The van der Waals surface area contributed by atoms with E-state index in [4.69, 9.17) is 0 Å². The average molecular weight is 249 g/mol. The van der Waals surface area contributed by atoms with Crippen LogP contribution in [0.2, 0.25) is 0 Å². The van der Waals surface area contributed by atoms with Gasteiger partial charge >= 0.3 is 6.18 Å². The molecule has 0 aliphatic heterocycles. The summed E-state index contributed by atoms with van der Waals surface area (Å²) in [4.78, 5) is 0.885. The van der Waals surface area contributed by atoms with E-state index in [9.17, 15) is 13.2 Å². The largest absolute Gasteiger partial charge is 0.417 e. The highest BCUT2D eigenvalue weighted by Crippen LogP contribution is 2.41. The Hall–Kier alpha value is -0.550. The Morgan fingerprint density at radius 2 is 2.12 bits per heavy atom. The normalized spacial score (nSPS) is 25.6. The zero-order valence-corrected chi connectivity index (χ0v) is 10.1. The fourth-order valence-electron chi connectivity index (χ4n) is 2.14. The average Bonchev–Trinajstić information content (AvgIpc) is 2.59. The molecule has 2 rings (SSSR count). The van der Waals surface area contributed by atoms with Crippen molar-refractivity contribution in [3.63, 3.8) is 0 Å². The van der Waals surface area contributed by atoms with Crippen LogP contribution < -0.4 is 5.32 Å². The molecule has 0 aromatic carbocycles. The molecule has 0 radical (unpaired) electrons. The van der Waals surface area contributed by atoms with Crippen molar-refractivity contribution in [3.8, 4) is 0 Å². The summed E-state index contributed by atoms with van der Waals surface area (Å²) < 4.78 is 38.0. The number of thiophene rings is 1. The van der Waals surface area contributed by atoms with Crippen LogP contribution in [0.3, 0.4) is 0 Å². The maximum absolute atomic E-state index is 12.7. The molecule has 1 nitrogen and oxygen atoms in total. The molecule has 1 heterocycles. The van der Waals surface area contributed by atoms with Crippen LogP contribution in [0.4, 0.5) is 13.2 Å². The van der Waals surface area contributed by atoms with Gasteiger partial charge in [0.2, 0.25) is 0 Å². The van der Waals surface area contributed by atoms with Crippen LogP contribution in [0.5, 0.6) is 0 Å². The minimum Gasteiger partial charge on any atom is -0.314 e. The summed E-state index contributed by atoms with van der Waals surface area (Å²) >= 11 is 1.24. The van der Waals surface area contributed by atoms with Gasteiger partial charge in [0.15, 0.2) is 0 Å². The molecule has 5 heteroatoms. The van der Waals surface area contributed by atoms with E-state index in [1.54, 1.807) is 0 Å². The van der Waals surface area contributed by atoms with E-state index < -0.39 is 11.7 Å². The van der Waals surface area contributed by atoms with Crippen LogP contribution in [0.15, 0.2) is 5.38 Å². The minimum atomic E-state index is -4.20. The van der Waals surface area contributed by atoms with E-state index in [0.29, 0.717) is 18.4 Å². The van der Waals surface area contributed by atoms with E-state index in [2.05, 4.69) is 12.2 Å². The lowest BCUT2D eigenvalue weighted by atomic mass is 9.82. The van der Waals surface area contributed by atoms with Crippen molar-refractivity contribution in [1.82, 2.24) is 5.32 Å². The molecule has 0 amide bonds. The zero-order valence-electron chi connectivity index (χ0n) is 9.24. The lowest BCUT2D eigenvalue weighted by Crippen LogP contribution is -2.44. The van der Waals surface area contributed by atoms with Crippen molar-refractivity contribution < 1.29 is 13.2 Å². The molecule has 1 aliphatic carbocycles. The highest BCUT2D eigenvalue weighted by atomic mass is 32.1. The Morgan fingerprint density at radius 3 is 2.69 bits per heavy atom. The summed E-state index contributed by atoms with van der Waals surface area (Å²) in [6.45, 7) is 2.06. The molecular weight excluding hydrogens is 235 g/mol. The standard InChI is InChI=1S/C11H14F3NS/c1-10(15-2)4-3-7-8(11(12,13)14)6-16-9(7)5-10/h6,15H,3-5H2,1-2H3. The molecule has 0 spiro atoms. The number of alkyl halides is 3. The van der Waals surface area contributed by atoms with Gasteiger partial charge in [-0.3, -0.25) is 0 Å². The van der Waals surface area contributed by atoms with E-state index in [1.807, 2.05) is 7.05 Å². The van der Waals surface area contributed by atoms with E-state index in [-0.39, 0.29) is 5.54 Å². The first-order valence-corrected chi connectivity index (χ1v) is 6.09. The minimum absolute atomic E-state index is 0.0548. The first-order chi connectivity index (χ1) is 7.36. The van der Waals surface area contributed by atoms with Gasteiger partial charge in [0, 0.05) is 15.8 Å². The molecule has 1 unspecified atom stereocenters. The Labute approximate surface area is 96.7 Å². The highest BCUT2D eigenvalue weighted by Gasteiger charge is 2.39. The lowest BCUT2D eigenvalue weighted by Gasteiger charge is -2.33. The van der Waals surface area contributed by atoms with Gasteiger partial charge in [-0.2, -0.15) is 13.2 Å². The summed E-state index contributed by atoms with van der Waals surface area (Å²) in [5.41, 5.74) is 0.0386. The van der Waals surface area contributed by atoms with Crippen LogP contribution in [-0.4, -0.2) is 12.6 Å². The van der Waals surface area contributed by atoms with Gasteiger partial charge in [-0.25, -0.2) is 0 Å². The third-order valence-corrected chi connectivity index (χ3v) is 4.40. The van der Waals surface area contributed by atoms with E-state index in [0.717, 1.165) is 11.3 Å². The third-order valence-electron chi connectivity index (χ3n) is 3.37. The molecule has 1 aromatic rings.